The highest BCUT2D eigenvalue weighted by atomic mass is 14.8. The maximum atomic E-state index is 5.03. The Kier molecular flexibility index (Phi) is 6.03. The third-order valence-electron chi connectivity index (χ3n) is 8.51. The second-order valence-corrected chi connectivity index (χ2v) is 11.3. The van der Waals surface area contributed by atoms with Crippen molar-refractivity contribution in [3.8, 4) is 44.9 Å². The zero-order chi connectivity index (χ0) is 30.5. The normalized spacial score (nSPS) is 11.5. The molecule has 0 spiro atoms. The molecule has 0 N–H and O–H groups in total. The molecule has 0 aliphatic carbocycles. The summed E-state index contributed by atoms with van der Waals surface area (Å²) in [5.41, 5.74) is 11.9. The van der Waals surface area contributed by atoms with Gasteiger partial charge in [-0.1, -0.05) is 66.7 Å². The Morgan fingerprint density at radius 1 is 0.391 bits per heavy atom. The number of pyridine rings is 4. The van der Waals surface area contributed by atoms with Crippen LogP contribution in [-0.4, -0.2) is 29.9 Å². The van der Waals surface area contributed by atoms with Gasteiger partial charge in [0.05, 0.1) is 39.1 Å². The van der Waals surface area contributed by atoms with Crippen molar-refractivity contribution in [2.24, 2.45) is 0 Å². The van der Waals surface area contributed by atoms with E-state index in [1.807, 2.05) is 36.7 Å². The van der Waals surface area contributed by atoms with Gasteiger partial charge in [-0.3, -0.25) is 9.97 Å². The fraction of sp³-hybridized carbons (Fsp3) is 0. The first-order chi connectivity index (χ1) is 22.8. The first-order valence-electron chi connectivity index (χ1n) is 15.1. The number of benzene rings is 4. The molecule has 46 heavy (non-hydrogen) atoms. The molecule has 4 aromatic carbocycles. The minimum atomic E-state index is 0.807. The summed E-state index contributed by atoms with van der Waals surface area (Å²) in [5.74, 6) is 0. The number of aromatic nitrogens is 6. The van der Waals surface area contributed by atoms with E-state index in [2.05, 4.69) is 117 Å². The van der Waals surface area contributed by atoms with Crippen LogP contribution >= 0.6 is 0 Å². The topological polar surface area (TPSA) is 77.3 Å². The maximum Gasteiger partial charge on any atom is 0.116 e. The largest absolute Gasteiger partial charge is 0.254 e. The van der Waals surface area contributed by atoms with E-state index in [9.17, 15) is 0 Å². The van der Waals surface area contributed by atoms with Crippen molar-refractivity contribution in [1.82, 2.24) is 29.9 Å². The van der Waals surface area contributed by atoms with Gasteiger partial charge in [0.25, 0.3) is 0 Å². The highest BCUT2D eigenvalue weighted by Crippen LogP contribution is 2.34. The third-order valence-corrected chi connectivity index (χ3v) is 8.51. The molecule has 0 atom stereocenters. The molecular weight excluding hydrogens is 564 g/mol. The quantitative estimate of drug-likeness (QED) is 0.191. The van der Waals surface area contributed by atoms with Crippen molar-refractivity contribution < 1.29 is 0 Å². The molecule has 0 unspecified atom stereocenters. The molecule has 214 valence electrons. The molecule has 0 amide bonds. The lowest BCUT2D eigenvalue weighted by Gasteiger charge is -2.11. The predicted octanol–water partition coefficient (Wildman–Crippen LogP) is 9.34. The summed E-state index contributed by atoms with van der Waals surface area (Å²) in [4.78, 5) is 27.5. The van der Waals surface area contributed by atoms with Crippen LogP contribution in [0.4, 0.5) is 0 Å². The van der Waals surface area contributed by atoms with E-state index in [4.69, 9.17) is 9.97 Å². The first-order valence-corrected chi connectivity index (χ1v) is 15.1. The Morgan fingerprint density at radius 3 is 2.00 bits per heavy atom. The van der Waals surface area contributed by atoms with Gasteiger partial charge >= 0.3 is 0 Å². The molecule has 0 aliphatic heterocycles. The van der Waals surface area contributed by atoms with Crippen molar-refractivity contribution in [1.29, 1.82) is 0 Å². The molecule has 0 saturated heterocycles. The van der Waals surface area contributed by atoms with Gasteiger partial charge in [-0.05, 0) is 76.9 Å². The van der Waals surface area contributed by atoms with Gasteiger partial charge in [-0.15, -0.1) is 0 Å². The Bertz CT molecular complexity index is 2580. The summed E-state index contributed by atoms with van der Waals surface area (Å²) < 4.78 is 0. The Morgan fingerprint density at radius 2 is 1.11 bits per heavy atom. The highest BCUT2D eigenvalue weighted by molar-refractivity contribution is 6.10. The van der Waals surface area contributed by atoms with E-state index < -0.39 is 0 Å². The lowest BCUT2D eigenvalue weighted by atomic mass is 9.96. The fourth-order valence-corrected chi connectivity index (χ4v) is 6.18. The predicted molar refractivity (Wildman–Crippen MR) is 185 cm³/mol. The molecule has 0 fully saturated rings. The molecule has 5 aromatic heterocycles. The molecule has 6 heteroatoms. The minimum Gasteiger partial charge on any atom is -0.254 e. The highest BCUT2D eigenvalue weighted by Gasteiger charge is 2.12. The maximum absolute atomic E-state index is 5.03. The number of rotatable bonds is 4. The molecule has 9 aromatic rings. The Balaban J connectivity index is 1.03. The van der Waals surface area contributed by atoms with Gasteiger partial charge < -0.3 is 0 Å². The van der Waals surface area contributed by atoms with Crippen LogP contribution < -0.4 is 0 Å². The van der Waals surface area contributed by atoms with Gasteiger partial charge in [0.1, 0.15) is 6.33 Å². The van der Waals surface area contributed by atoms with Crippen LogP contribution in [0, 0.1) is 0 Å². The van der Waals surface area contributed by atoms with Gasteiger partial charge in [-0.25, -0.2) is 19.9 Å². The zero-order valence-electron chi connectivity index (χ0n) is 24.5. The summed E-state index contributed by atoms with van der Waals surface area (Å²) in [6.45, 7) is 0. The van der Waals surface area contributed by atoms with Crippen LogP contribution in [-0.2, 0) is 0 Å². The summed E-state index contributed by atoms with van der Waals surface area (Å²) >= 11 is 0. The smallest absolute Gasteiger partial charge is 0.116 e. The van der Waals surface area contributed by atoms with Crippen LogP contribution in [0.15, 0.2) is 146 Å². The second-order valence-electron chi connectivity index (χ2n) is 11.3. The molecule has 9 rings (SSSR count). The van der Waals surface area contributed by atoms with E-state index in [0.29, 0.717) is 0 Å². The summed E-state index contributed by atoms with van der Waals surface area (Å²) in [6, 6.07) is 42.0. The second kappa shape index (κ2) is 10.6. The summed E-state index contributed by atoms with van der Waals surface area (Å²) in [7, 11) is 0. The van der Waals surface area contributed by atoms with Crippen LogP contribution in [0.3, 0.4) is 0 Å². The SMILES string of the molecule is c1cnc2c(c1)cc(-c1ccc(-c3ccc4cc(-c5ccc6ccc(-c7ccncn7)nc6c5)ccc4n3)cc1)c1cccnc12. The fourth-order valence-electron chi connectivity index (χ4n) is 6.18. The van der Waals surface area contributed by atoms with E-state index in [-0.39, 0.29) is 0 Å². The van der Waals surface area contributed by atoms with Crippen LogP contribution in [0.1, 0.15) is 0 Å². The average molecular weight is 589 g/mol. The average Bonchev–Trinajstić information content (AvgIpc) is 3.14. The number of hydrogen-bond acceptors (Lipinski definition) is 6. The molecule has 0 saturated carbocycles. The van der Waals surface area contributed by atoms with Crippen LogP contribution in [0.5, 0.6) is 0 Å². The van der Waals surface area contributed by atoms with Crippen molar-refractivity contribution in [2.75, 3.05) is 0 Å². The molecule has 0 bridgehead atoms. The van der Waals surface area contributed by atoms with E-state index in [1.165, 1.54) is 0 Å². The Hall–Kier alpha value is -6.40. The van der Waals surface area contributed by atoms with E-state index >= 15 is 0 Å². The van der Waals surface area contributed by atoms with Gasteiger partial charge in [0, 0.05) is 45.7 Å². The van der Waals surface area contributed by atoms with Gasteiger partial charge in [0.15, 0.2) is 0 Å². The lowest BCUT2D eigenvalue weighted by molar-refractivity contribution is 1.16. The van der Waals surface area contributed by atoms with E-state index in [1.54, 1.807) is 12.5 Å². The molecule has 6 nitrogen and oxygen atoms in total. The van der Waals surface area contributed by atoms with Crippen molar-refractivity contribution >= 4 is 43.6 Å². The molecule has 0 radical (unpaired) electrons. The number of nitrogens with zero attached hydrogens (tertiary/aromatic N) is 6. The molecule has 0 aliphatic rings. The van der Waals surface area contributed by atoms with Crippen molar-refractivity contribution in [3.63, 3.8) is 0 Å². The van der Waals surface area contributed by atoms with Gasteiger partial charge in [-0.2, -0.15) is 0 Å². The van der Waals surface area contributed by atoms with Crippen LogP contribution in [0.25, 0.3) is 88.5 Å². The molecular formula is C40H24N6. The number of hydrogen-bond donors (Lipinski definition) is 0. The Labute approximate surface area is 264 Å². The number of fused-ring (bicyclic) bond motifs is 5. The first kappa shape index (κ1) is 26.0. The summed E-state index contributed by atoms with van der Waals surface area (Å²) in [6.07, 6.45) is 6.93. The molecule has 5 heterocycles. The zero-order valence-corrected chi connectivity index (χ0v) is 24.5. The van der Waals surface area contributed by atoms with E-state index in [0.717, 1.165) is 88.5 Å². The monoisotopic (exact) mass is 588 g/mol. The minimum absolute atomic E-state index is 0.807. The van der Waals surface area contributed by atoms with Crippen molar-refractivity contribution in [3.05, 3.63) is 146 Å². The van der Waals surface area contributed by atoms with Crippen LogP contribution in [0.2, 0.25) is 0 Å². The van der Waals surface area contributed by atoms with Crippen molar-refractivity contribution in [2.45, 2.75) is 0 Å². The van der Waals surface area contributed by atoms with Gasteiger partial charge in [0.2, 0.25) is 0 Å². The third kappa shape index (κ3) is 4.52. The lowest BCUT2D eigenvalue weighted by Crippen LogP contribution is -1.90. The summed E-state index contributed by atoms with van der Waals surface area (Å²) in [5, 5.41) is 4.34. The standard InChI is InChI=1S/C40H24N6/c1-3-31-22-33(32-4-2-19-43-40(32)39(31)42-18-1)25-5-7-26(8-6-25)34-15-13-30-21-28(12-14-35(30)45-34)29-10-9-27-11-16-37(46-38(27)23-29)36-17-20-41-24-44-36/h1-24H.